The van der Waals surface area contributed by atoms with Crippen molar-refractivity contribution in [2.75, 3.05) is 6.54 Å². The van der Waals surface area contributed by atoms with Crippen LogP contribution in [-0.4, -0.2) is 22.9 Å². The van der Waals surface area contributed by atoms with E-state index >= 15 is 0 Å². The summed E-state index contributed by atoms with van der Waals surface area (Å²) in [6.07, 6.45) is 1.75. The molecule has 0 saturated carbocycles. The van der Waals surface area contributed by atoms with Crippen LogP contribution in [0.3, 0.4) is 0 Å². The van der Waals surface area contributed by atoms with Crippen molar-refractivity contribution < 1.29 is 9.63 Å². The molecular formula is C12H14ClNO2. The topological polar surface area (TPSA) is 29.5 Å². The number of benzene rings is 1. The van der Waals surface area contributed by atoms with Crippen molar-refractivity contribution in [1.82, 2.24) is 5.06 Å². The van der Waals surface area contributed by atoms with Crippen LogP contribution in [0.1, 0.15) is 18.4 Å². The van der Waals surface area contributed by atoms with Crippen LogP contribution in [0.4, 0.5) is 0 Å². The molecule has 0 aromatic heterocycles. The maximum atomic E-state index is 11.1. The second kappa shape index (κ2) is 5.43. The zero-order chi connectivity index (χ0) is 11.4. The minimum atomic E-state index is -0.328. The molecule has 1 aromatic carbocycles. The van der Waals surface area contributed by atoms with E-state index in [-0.39, 0.29) is 11.3 Å². The summed E-state index contributed by atoms with van der Waals surface area (Å²) in [6, 6.07) is 9.61. The highest BCUT2D eigenvalue weighted by Gasteiger charge is 2.30. The van der Waals surface area contributed by atoms with Gasteiger partial charge < -0.3 is 0 Å². The maximum absolute atomic E-state index is 11.1. The molecule has 4 heteroatoms. The van der Waals surface area contributed by atoms with E-state index in [0.29, 0.717) is 6.61 Å². The quantitative estimate of drug-likeness (QED) is 0.756. The average Bonchev–Trinajstić information content (AvgIpc) is 2.76. The van der Waals surface area contributed by atoms with Crippen molar-refractivity contribution in [1.29, 1.82) is 0 Å². The van der Waals surface area contributed by atoms with Gasteiger partial charge in [0, 0.05) is 6.54 Å². The number of nitrogens with zero attached hydrogens (tertiary/aromatic N) is 1. The molecule has 0 radical (unpaired) electrons. The number of hydrogen-bond acceptors (Lipinski definition) is 3. The molecule has 1 heterocycles. The van der Waals surface area contributed by atoms with Gasteiger partial charge in [0.1, 0.15) is 6.04 Å². The molecule has 86 valence electrons. The molecule has 1 atom stereocenters. The van der Waals surface area contributed by atoms with Gasteiger partial charge in [-0.25, -0.2) is 0 Å². The number of rotatable bonds is 4. The molecule has 1 fully saturated rings. The van der Waals surface area contributed by atoms with Crippen LogP contribution in [0, 0.1) is 0 Å². The van der Waals surface area contributed by atoms with Crippen molar-refractivity contribution in [3.8, 4) is 0 Å². The Hall–Kier alpha value is -0.900. The van der Waals surface area contributed by atoms with Gasteiger partial charge in [0.15, 0.2) is 0 Å². The van der Waals surface area contributed by atoms with Crippen LogP contribution in [0.5, 0.6) is 0 Å². The summed E-state index contributed by atoms with van der Waals surface area (Å²) in [5, 5.41) is 1.37. The molecule has 16 heavy (non-hydrogen) atoms. The summed E-state index contributed by atoms with van der Waals surface area (Å²) in [6.45, 7) is 1.26. The molecule has 3 nitrogen and oxygen atoms in total. The fourth-order valence-corrected chi connectivity index (χ4v) is 2.07. The first-order chi connectivity index (χ1) is 7.77. The van der Waals surface area contributed by atoms with E-state index in [9.17, 15) is 4.79 Å². The molecular weight excluding hydrogens is 226 g/mol. The Labute approximate surface area is 99.9 Å². The zero-order valence-corrected chi connectivity index (χ0v) is 9.69. The van der Waals surface area contributed by atoms with Crippen LogP contribution in [-0.2, 0) is 16.2 Å². The molecule has 1 aromatic rings. The van der Waals surface area contributed by atoms with Crippen LogP contribution in [0.15, 0.2) is 30.3 Å². The molecule has 0 aliphatic carbocycles. The predicted molar refractivity (Wildman–Crippen MR) is 61.8 cm³/mol. The second-order valence-corrected chi connectivity index (χ2v) is 4.23. The first-order valence-electron chi connectivity index (χ1n) is 5.40. The third kappa shape index (κ3) is 2.82. The summed E-state index contributed by atoms with van der Waals surface area (Å²) in [5.74, 6) is 0. The van der Waals surface area contributed by atoms with Gasteiger partial charge in [-0.3, -0.25) is 9.63 Å². The highest BCUT2D eigenvalue weighted by Crippen LogP contribution is 2.20. The fourth-order valence-electron chi connectivity index (χ4n) is 1.85. The molecule has 1 saturated heterocycles. The van der Waals surface area contributed by atoms with Crippen molar-refractivity contribution in [3.63, 3.8) is 0 Å². The summed E-state index contributed by atoms with van der Waals surface area (Å²) in [5.41, 5.74) is 1.09. The molecule has 1 aliphatic rings. The Kier molecular flexibility index (Phi) is 3.93. The lowest BCUT2D eigenvalue weighted by atomic mass is 10.2. The fraction of sp³-hybridized carbons (Fsp3) is 0.417. The van der Waals surface area contributed by atoms with Gasteiger partial charge in [0.25, 0.3) is 0 Å². The number of halogens is 1. The maximum Gasteiger partial charge on any atom is 0.241 e. The van der Waals surface area contributed by atoms with Crippen LogP contribution < -0.4 is 0 Å². The van der Waals surface area contributed by atoms with E-state index in [1.165, 1.54) is 0 Å². The highest BCUT2D eigenvalue weighted by atomic mass is 35.5. The third-order valence-electron chi connectivity index (χ3n) is 2.71. The second-order valence-electron chi connectivity index (χ2n) is 3.86. The van der Waals surface area contributed by atoms with Gasteiger partial charge in [-0.2, -0.15) is 5.06 Å². The van der Waals surface area contributed by atoms with E-state index in [4.69, 9.17) is 16.4 Å². The van der Waals surface area contributed by atoms with E-state index in [0.717, 1.165) is 24.9 Å². The Balaban J connectivity index is 1.88. The minimum absolute atomic E-state index is 0.273. The predicted octanol–water partition coefficient (Wildman–Crippen LogP) is 2.35. The monoisotopic (exact) mass is 239 g/mol. The van der Waals surface area contributed by atoms with Gasteiger partial charge in [-0.1, -0.05) is 30.3 Å². The van der Waals surface area contributed by atoms with E-state index in [1.807, 2.05) is 30.3 Å². The zero-order valence-electron chi connectivity index (χ0n) is 8.93. The van der Waals surface area contributed by atoms with E-state index in [1.54, 1.807) is 5.06 Å². The van der Waals surface area contributed by atoms with Crippen molar-refractivity contribution >= 4 is 16.8 Å². The summed E-state index contributed by atoms with van der Waals surface area (Å²) in [7, 11) is 0. The Morgan fingerprint density at radius 2 is 2.19 bits per heavy atom. The molecule has 0 amide bonds. The van der Waals surface area contributed by atoms with Gasteiger partial charge in [0.05, 0.1) is 6.61 Å². The van der Waals surface area contributed by atoms with Gasteiger partial charge >= 0.3 is 0 Å². The lowest BCUT2D eigenvalue weighted by Crippen LogP contribution is -2.33. The van der Waals surface area contributed by atoms with Crippen molar-refractivity contribution in [2.24, 2.45) is 0 Å². The van der Waals surface area contributed by atoms with E-state index < -0.39 is 0 Å². The number of carbonyl (C=O) groups is 1. The van der Waals surface area contributed by atoms with Gasteiger partial charge in [-0.05, 0) is 30.0 Å². The van der Waals surface area contributed by atoms with Gasteiger partial charge in [-0.15, -0.1) is 0 Å². The highest BCUT2D eigenvalue weighted by molar-refractivity contribution is 6.64. The molecule has 1 aliphatic heterocycles. The Morgan fingerprint density at radius 1 is 1.44 bits per heavy atom. The van der Waals surface area contributed by atoms with Crippen LogP contribution >= 0.6 is 11.6 Å². The lowest BCUT2D eigenvalue weighted by molar-refractivity contribution is -0.179. The van der Waals surface area contributed by atoms with Gasteiger partial charge in [0.2, 0.25) is 5.24 Å². The average molecular weight is 240 g/mol. The lowest BCUT2D eigenvalue weighted by Gasteiger charge is -2.20. The molecule has 0 N–H and O–H groups in total. The Morgan fingerprint density at radius 3 is 2.88 bits per heavy atom. The summed E-state index contributed by atoms with van der Waals surface area (Å²) in [4.78, 5) is 16.7. The largest absolute Gasteiger partial charge is 0.293 e. The molecule has 2 rings (SSSR count). The summed E-state index contributed by atoms with van der Waals surface area (Å²) < 4.78 is 0. The Bertz CT molecular complexity index is 355. The van der Waals surface area contributed by atoms with Crippen LogP contribution in [0.25, 0.3) is 0 Å². The number of carbonyl (C=O) groups excluding carboxylic acids is 1. The minimum Gasteiger partial charge on any atom is -0.293 e. The normalized spacial score (nSPS) is 21.2. The first kappa shape index (κ1) is 11.6. The number of hydrogen-bond donors (Lipinski definition) is 0. The third-order valence-corrected chi connectivity index (χ3v) is 2.96. The van der Waals surface area contributed by atoms with Crippen molar-refractivity contribution in [2.45, 2.75) is 25.5 Å². The van der Waals surface area contributed by atoms with Crippen molar-refractivity contribution in [3.05, 3.63) is 35.9 Å². The molecule has 0 spiro atoms. The smallest absolute Gasteiger partial charge is 0.241 e. The molecule has 0 bridgehead atoms. The standard InChI is InChI=1S/C12H14ClNO2/c13-12(15)11-7-4-8-14(11)16-9-10-5-2-1-3-6-10/h1-3,5-6,11H,4,7-9H2/t11-/m0/s1. The van der Waals surface area contributed by atoms with Crippen LogP contribution in [0.2, 0.25) is 0 Å². The number of hydroxylamine groups is 2. The summed E-state index contributed by atoms with van der Waals surface area (Å²) >= 11 is 5.50. The van der Waals surface area contributed by atoms with E-state index in [2.05, 4.69) is 0 Å². The first-order valence-corrected chi connectivity index (χ1v) is 5.78. The molecule has 0 unspecified atom stereocenters. The SMILES string of the molecule is O=C(Cl)[C@@H]1CCCN1OCc1ccccc1.